The van der Waals surface area contributed by atoms with E-state index in [-0.39, 0.29) is 12.5 Å². The van der Waals surface area contributed by atoms with Crippen LogP contribution in [0.4, 0.5) is 0 Å². The zero-order valence-electron chi connectivity index (χ0n) is 15.7. The van der Waals surface area contributed by atoms with E-state index in [1.165, 1.54) is 5.56 Å². The van der Waals surface area contributed by atoms with E-state index in [2.05, 4.69) is 68.4 Å². The van der Waals surface area contributed by atoms with Crippen LogP contribution in [0.25, 0.3) is 0 Å². The molecule has 0 radical (unpaired) electrons. The summed E-state index contributed by atoms with van der Waals surface area (Å²) in [6.07, 6.45) is 0. The van der Waals surface area contributed by atoms with Crippen LogP contribution in [0.3, 0.4) is 0 Å². The molecule has 0 aliphatic carbocycles. The molecule has 27 heavy (non-hydrogen) atoms. The minimum absolute atomic E-state index is 0.181. The number of rotatable bonds is 7. The number of ether oxygens (including phenoxy) is 2. The molecule has 2 aromatic rings. The van der Waals surface area contributed by atoms with Crippen LogP contribution in [0.5, 0.6) is 11.5 Å². The van der Waals surface area contributed by atoms with Crippen LogP contribution in [0.15, 0.2) is 50.4 Å². The number of amides is 1. The molecule has 0 atom stereocenters. The van der Waals surface area contributed by atoms with Gasteiger partial charge in [0, 0.05) is 4.47 Å². The van der Waals surface area contributed by atoms with Crippen molar-refractivity contribution in [3.63, 3.8) is 0 Å². The first-order valence-electron chi connectivity index (χ1n) is 8.41. The van der Waals surface area contributed by atoms with E-state index in [4.69, 9.17) is 9.47 Å². The molecule has 0 aliphatic heterocycles. The lowest BCUT2D eigenvalue weighted by atomic mass is 10.0. The first-order chi connectivity index (χ1) is 12.8. The quantitative estimate of drug-likeness (QED) is 0.419. The molecule has 0 bridgehead atoms. The predicted octanol–water partition coefficient (Wildman–Crippen LogP) is 5.26. The Labute approximate surface area is 176 Å². The van der Waals surface area contributed by atoms with Gasteiger partial charge >= 0.3 is 0 Å². The molecule has 2 aromatic carbocycles. The van der Waals surface area contributed by atoms with Gasteiger partial charge in [0.25, 0.3) is 5.91 Å². The Balaban J connectivity index is 1.97. The number of carbonyl (C=O) groups excluding carboxylic acids is 1. The number of hydrazone groups is 1. The van der Waals surface area contributed by atoms with Gasteiger partial charge in [-0.15, -0.1) is 0 Å². The van der Waals surface area contributed by atoms with Gasteiger partial charge in [0.05, 0.1) is 17.3 Å². The molecule has 0 aromatic heterocycles. The fraction of sp³-hybridized carbons (Fsp3) is 0.300. The maximum absolute atomic E-state index is 12.1. The molecule has 0 fully saturated rings. The Morgan fingerprint density at radius 2 is 1.85 bits per heavy atom. The standard InChI is InChI=1S/C20H22Br2N2O3/c1-12(2)14-5-7-15(8-6-14)13(3)23-24-19(25)11-27-20-17(22)9-16(21)10-18(20)26-4/h5-10,12H,11H2,1-4H3,(H,24,25)/b23-13+. The van der Waals surface area contributed by atoms with Crippen LogP contribution in [-0.2, 0) is 4.79 Å². The lowest BCUT2D eigenvalue weighted by Crippen LogP contribution is -2.25. The van der Waals surface area contributed by atoms with Crippen molar-refractivity contribution in [2.24, 2.45) is 5.10 Å². The maximum atomic E-state index is 12.1. The fourth-order valence-corrected chi connectivity index (χ4v) is 3.62. The Hall–Kier alpha value is -1.86. The minimum Gasteiger partial charge on any atom is -0.493 e. The summed E-state index contributed by atoms with van der Waals surface area (Å²) >= 11 is 6.78. The number of benzene rings is 2. The SMILES string of the molecule is COc1cc(Br)cc(Br)c1OCC(=O)N/N=C(\C)c1ccc(C(C)C)cc1. The minimum atomic E-state index is -0.356. The van der Waals surface area contributed by atoms with E-state index in [1.54, 1.807) is 13.2 Å². The molecule has 0 heterocycles. The first kappa shape index (κ1) is 21.4. The van der Waals surface area contributed by atoms with Crippen molar-refractivity contribution in [3.8, 4) is 11.5 Å². The number of halogens is 2. The normalized spacial score (nSPS) is 11.4. The average molecular weight is 498 g/mol. The summed E-state index contributed by atoms with van der Waals surface area (Å²) in [5.74, 6) is 1.10. The predicted molar refractivity (Wildman–Crippen MR) is 115 cm³/mol. The zero-order valence-corrected chi connectivity index (χ0v) is 18.8. The van der Waals surface area contributed by atoms with Gasteiger partial charge < -0.3 is 9.47 Å². The molecule has 1 N–H and O–H groups in total. The van der Waals surface area contributed by atoms with E-state index in [1.807, 2.05) is 25.1 Å². The molecule has 0 saturated carbocycles. The molecule has 1 amide bonds. The summed E-state index contributed by atoms with van der Waals surface area (Å²) in [6, 6.07) is 11.7. The van der Waals surface area contributed by atoms with Crippen LogP contribution in [-0.4, -0.2) is 25.3 Å². The van der Waals surface area contributed by atoms with Gasteiger partial charge in [-0.2, -0.15) is 5.10 Å². The number of nitrogens with one attached hydrogen (secondary N) is 1. The molecule has 0 spiro atoms. The average Bonchev–Trinajstić information content (AvgIpc) is 2.64. The van der Waals surface area contributed by atoms with E-state index in [9.17, 15) is 4.79 Å². The van der Waals surface area contributed by atoms with Crippen molar-refractivity contribution >= 4 is 43.5 Å². The molecule has 0 unspecified atom stereocenters. The Morgan fingerprint density at radius 1 is 1.19 bits per heavy atom. The van der Waals surface area contributed by atoms with Crippen LogP contribution in [0.2, 0.25) is 0 Å². The molecular formula is C20H22Br2N2O3. The van der Waals surface area contributed by atoms with Crippen molar-refractivity contribution in [1.29, 1.82) is 0 Å². The highest BCUT2D eigenvalue weighted by Crippen LogP contribution is 2.38. The second kappa shape index (κ2) is 9.90. The third-order valence-corrected chi connectivity index (χ3v) is 4.93. The molecule has 144 valence electrons. The number of hydrogen-bond acceptors (Lipinski definition) is 4. The van der Waals surface area contributed by atoms with Gasteiger partial charge in [-0.25, -0.2) is 5.43 Å². The monoisotopic (exact) mass is 496 g/mol. The third-order valence-electron chi connectivity index (χ3n) is 3.89. The zero-order chi connectivity index (χ0) is 20.0. The topological polar surface area (TPSA) is 59.9 Å². The summed E-state index contributed by atoms with van der Waals surface area (Å²) < 4.78 is 12.4. The summed E-state index contributed by atoms with van der Waals surface area (Å²) in [7, 11) is 1.54. The lowest BCUT2D eigenvalue weighted by molar-refractivity contribution is -0.123. The fourth-order valence-electron chi connectivity index (χ4n) is 2.32. The highest BCUT2D eigenvalue weighted by molar-refractivity contribution is 9.11. The van der Waals surface area contributed by atoms with Crippen molar-refractivity contribution in [3.05, 3.63) is 56.5 Å². The molecule has 0 aliphatic rings. The third kappa shape index (κ3) is 6.07. The summed E-state index contributed by atoms with van der Waals surface area (Å²) in [4.78, 5) is 12.1. The van der Waals surface area contributed by atoms with Crippen molar-refractivity contribution in [2.75, 3.05) is 13.7 Å². The summed E-state index contributed by atoms with van der Waals surface area (Å²) in [5, 5.41) is 4.15. The first-order valence-corrected chi connectivity index (χ1v) is 9.99. The summed E-state index contributed by atoms with van der Waals surface area (Å²) in [5.41, 5.74) is 5.46. The highest BCUT2D eigenvalue weighted by Gasteiger charge is 2.13. The molecular weight excluding hydrogens is 476 g/mol. The van der Waals surface area contributed by atoms with Crippen molar-refractivity contribution in [2.45, 2.75) is 26.7 Å². The second-order valence-electron chi connectivity index (χ2n) is 6.22. The molecule has 5 nitrogen and oxygen atoms in total. The van der Waals surface area contributed by atoms with Crippen molar-refractivity contribution in [1.82, 2.24) is 5.43 Å². The van der Waals surface area contributed by atoms with Gasteiger partial charge in [0.15, 0.2) is 18.1 Å². The van der Waals surface area contributed by atoms with Crippen LogP contribution >= 0.6 is 31.9 Å². The van der Waals surface area contributed by atoms with E-state index in [0.717, 1.165) is 15.7 Å². The Morgan fingerprint density at radius 3 is 2.44 bits per heavy atom. The smallest absolute Gasteiger partial charge is 0.277 e. The number of hydrogen-bond donors (Lipinski definition) is 1. The van der Waals surface area contributed by atoms with Crippen LogP contribution in [0, 0.1) is 0 Å². The maximum Gasteiger partial charge on any atom is 0.277 e. The van der Waals surface area contributed by atoms with E-state index in [0.29, 0.717) is 21.9 Å². The van der Waals surface area contributed by atoms with Gasteiger partial charge in [-0.3, -0.25) is 4.79 Å². The molecule has 7 heteroatoms. The highest BCUT2D eigenvalue weighted by atomic mass is 79.9. The number of methoxy groups -OCH3 is 1. The number of carbonyl (C=O) groups is 1. The molecule has 2 rings (SSSR count). The van der Waals surface area contributed by atoms with Gasteiger partial charge in [-0.05, 0) is 52.0 Å². The molecule has 0 saturated heterocycles. The lowest BCUT2D eigenvalue weighted by Gasteiger charge is -2.12. The van der Waals surface area contributed by atoms with Gasteiger partial charge in [-0.1, -0.05) is 54.0 Å². The summed E-state index contributed by atoms with van der Waals surface area (Å²) in [6.45, 7) is 5.96. The Kier molecular flexibility index (Phi) is 7.86. The van der Waals surface area contributed by atoms with Crippen LogP contribution in [0.1, 0.15) is 37.8 Å². The number of nitrogens with zero attached hydrogens (tertiary/aromatic N) is 1. The van der Waals surface area contributed by atoms with E-state index < -0.39 is 0 Å². The van der Waals surface area contributed by atoms with E-state index >= 15 is 0 Å². The second-order valence-corrected chi connectivity index (χ2v) is 7.99. The van der Waals surface area contributed by atoms with Gasteiger partial charge in [0.2, 0.25) is 0 Å². The van der Waals surface area contributed by atoms with Crippen molar-refractivity contribution < 1.29 is 14.3 Å². The Bertz CT molecular complexity index is 834. The largest absolute Gasteiger partial charge is 0.493 e. The van der Waals surface area contributed by atoms with Gasteiger partial charge in [0.1, 0.15) is 0 Å². The van der Waals surface area contributed by atoms with Crippen LogP contribution < -0.4 is 14.9 Å².